The molecule has 1 aromatic carbocycles. The minimum absolute atomic E-state index is 0.140. The first kappa shape index (κ1) is 18.6. The molecule has 0 radical (unpaired) electrons. The molecule has 0 unspecified atom stereocenters. The van der Waals surface area contributed by atoms with Gasteiger partial charge in [0.1, 0.15) is 10.8 Å². The molecule has 0 saturated heterocycles. The summed E-state index contributed by atoms with van der Waals surface area (Å²) in [5.41, 5.74) is 7.04. The molecule has 2 aromatic rings. The smallest absolute Gasteiger partial charge is 0.251 e. The van der Waals surface area contributed by atoms with E-state index in [1.807, 2.05) is 0 Å². The van der Waals surface area contributed by atoms with Gasteiger partial charge in [-0.3, -0.25) is 9.59 Å². The molecule has 0 fully saturated rings. The average Bonchev–Trinajstić information content (AvgIpc) is 2.75. The summed E-state index contributed by atoms with van der Waals surface area (Å²) in [6, 6.07) is 4.31. The van der Waals surface area contributed by atoms with Crippen molar-refractivity contribution in [3.63, 3.8) is 0 Å². The minimum Gasteiger partial charge on any atom is -0.365 e. The maximum absolute atomic E-state index is 13.8. The second kappa shape index (κ2) is 8.01. The van der Waals surface area contributed by atoms with Crippen molar-refractivity contribution in [2.24, 2.45) is 5.73 Å². The highest BCUT2D eigenvalue weighted by Crippen LogP contribution is 2.37. The minimum atomic E-state index is -0.541. The summed E-state index contributed by atoms with van der Waals surface area (Å²) < 4.78 is 13.8. The summed E-state index contributed by atoms with van der Waals surface area (Å²) in [7, 11) is 0. The molecule has 1 aromatic heterocycles. The third-order valence-corrected chi connectivity index (χ3v) is 5.84. The molecule has 0 aliphatic heterocycles. The van der Waals surface area contributed by atoms with E-state index in [0.717, 1.165) is 42.5 Å². The van der Waals surface area contributed by atoms with Gasteiger partial charge in [-0.2, -0.15) is 0 Å². The van der Waals surface area contributed by atoms with E-state index in [1.165, 1.54) is 35.6 Å². The van der Waals surface area contributed by atoms with E-state index in [0.29, 0.717) is 10.6 Å². The van der Waals surface area contributed by atoms with Crippen molar-refractivity contribution in [3.8, 4) is 0 Å². The number of carbonyl (C=O) groups is 2. The number of anilines is 1. The topological polar surface area (TPSA) is 72.2 Å². The van der Waals surface area contributed by atoms with E-state index in [4.69, 9.17) is 17.3 Å². The zero-order chi connectivity index (χ0) is 18.7. The van der Waals surface area contributed by atoms with Gasteiger partial charge in [0.2, 0.25) is 5.91 Å². The van der Waals surface area contributed by atoms with Crippen LogP contribution in [0.4, 0.5) is 9.39 Å². The molecule has 0 bridgehead atoms. The molecule has 0 saturated carbocycles. The van der Waals surface area contributed by atoms with Crippen LogP contribution in [0.1, 0.15) is 45.6 Å². The van der Waals surface area contributed by atoms with Crippen molar-refractivity contribution in [3.05, 3.63) is 56.7 Å². The van der Waals surface area contributed by atoms with Gasteiger partial charge in [-0.1, -0.05) is 24.1 Å². The Morgan fingerprint density at radius 1 is 1.23 bits per heavy atom. The summed E-state index contributed by atoms with van der Waals surface area (Å²) in [5.74, 6) is -1.52. The number of amides is 2. The van der Waals surface area contributed by atoms with Gasteiger partial charge in [0.15, 0.2) is 0 Å². The summed E-state index contributed by atoms with van der Waals surface area (Å²) in [5, 5.41) is 3.38. The third-order valence-electron chi connectivity index (χ3n) is 4.31. The van der Waals surface area contributed by atoms with Crippen LogP contribution in [0.2, 0.25) is 5.02 Å². The van der Waals surface area contributed by atoms with Crippen LogP contribution in [0, 0.1) is 5.82 Å². The van der Waals surface area contributed by atoms with Crippen LogP contribution >= 0.6 is 22.9 Å². The van der Waals surface area contributed by atoms with Gasteiger partial charge in [0.25, 0.3) is 5.91 Å². The molecule has 0 spiro atoms. The Morgan fingerprint density at radius 2 is 2.00 bits per heavy atom. The second-order valence-corrected chi connectivity index (χ2v) is 7.60. The number of hydrogen-bond acceptors (Lipinski definition) is 3. The van der Waals surface area contributed by atoms with Gasteiger partial charge in [0.05, 0.1) is 10.6 Å². The molecule has 4 nitrogen and oxygen atoms in total. The van der Waals surface area contributed by atoms with Crippen LogP contribution in [0.3, 0.4) is 0 Å². The average molecular weight is 393 g/mol. The fourth-order valence-electron chi connectivity index (χ4n) is 3.07. The number of fused-ring (bicyclic) bond motifs is 1. The molecule has 1 aliphatic carbocycles. The standard InChI is InChI=1S/C19H18ClFN2O2S/c20-13-6-4-7-14(21)11(13)9-10-16(24)23-19-17(18(22)25)12-5-2-1-3-8-15(12)26-19/h4,6-7,9-10H,1-3,5,8H2,(H2,22,25)(H,23,24). The number of nitrogens with two attached hydrogens (primary N) is 1. The normalized spacial score (nSPS) is 14.1. The molecule has 3 rings (SSSR count). The molecule has 2 amide bonds. The molecule has 0 atom stereocenters. The lowest BCUT2D eigenvalue weighted by atomic mass is 10.1. The van der Waals surface area contributed by atoms with Crippen LogP contribution in [0.5, 0.6) is 0 Å². The van der Waals surface area contributed by atoms with E-state index >= 15 is 0 Å². The van der Waals surface area contributed by atoms with E-state index in [9.17, 15) is 14.0 Å². The largest absolute Gasteiger partial charge is 0.365 e. The Hall–Kier alpha value is -2.18. The van der Waals surface area contributed by atoms with Crippen molar-refractivity contribution in [2.45, 2.75) is 32.1 Å². The van der Waals surface area contributed by atoms with Gasteiger partial charge in [-0.05, 0) is 49.5 Å². The number of rotatable bonds is 4. The van der Waals surface area contributed by atoms with Gasteiger partial charge < -0.3 is 11.1 Å². The quantitative estimate of drug-likeness (QED) is 0.591. The predicted octanol–water partition coefficient (Wildman–Crippen LogP) is 4.56. The Balaban J connectivity index is 1.83. The first-order valence-electron chi connectivity index (χ1n) is 8.34. The molecule has 26 heavy (non-hydrogen) atoms. The Morgan fingerprint density at radius 3 is 2.73 bits per heavy atom. The van der Waals surface area contributed by atoms with Crippen molar-refractivity contribution in [1.82, 2.24) is 0 Å². The SMILES string of the molecule is NC(=O)c1c(NC(=O)C=Cc2c(F)cccc2Cl)sc2c1CCCCC2. The van der Waals surface area contributed by atoms with E-state index in [-0.39, 0.29) is 10.6 Å². The lowest BCUT2D eigenvalue weighted by molar-refractivity contribution is -0.111. The van der Waals surface area contributed by atoms with Gasteiger partial charge in [-0.25, -0.2) is 4.39 Å². The number of carbonyl (C=O) groups excluding carboxylic acids is 2. The van der Waals surface area contributed by atoms with E-state index in [1.54, 1.807) is 6.07 Å². The summed E-state index contributed by atoms with van der Waals surface area (Å²) in [6.07, 6.45) is 7.37. The van der Waals surface area contributed by atoms with Crippen molar-refractivity contribution in [1.29, 1.82) is 0 Å². The van der Waals surface area contributed by atoms with Crippen LogP contribution in [-0.4, -0.2) is 11.8 Å². The maximum Gasteiger partial charge on any atom is 0.251 e. The summed E-state index contributed by atoms with van der Waals surface area (Å²) >= 11 is 7.34. The van der Waals surface area contributed by atoms with Gasteiger partial charge in [-0.15, -0.1) is 11.3 Å². The fourth-order valence-corrected chi connectivity index (χ4v) is 4.60. The monoisotopic (exact) mass is 392 g/mol. The lowest BCUT2D eigenvalue weighted by Crippen LogP contribution is -2.17. The zero-order valence-corrected chi connectivity index (χ0v) is 15.6. The molecular formula is C19H18ClFN2O2S. The Bertz CT molecular complexity index is 872. The van der Waals surface area contributed by atoms with Crippen LogP contribution in [0.25, 0.3) is 6.08 Å². The molecule has 1 heterocycles. The number of hydrogen-bond donors (Lipinski definition) is 2. The van der Waals surface area contributed by atoms with Gasteiger partial charge >= 0.3 is 0 Å². The van der Waals surface area contributed by atoms with Gasteiger partial charge in [0, 0.05) is 16.5 Å². The number of nitrogens with one attached hydrogen (secondary N) is 1. The third kappa shape index (κ3) is 3.97. The second-order valence-electron chi connectivity index (χ2n) is 6.09. The molecular weight excluding hydrogens is 375 g/mol. The summed E-state index contributed by atoms with van der Waals surface area (Å²) in [4.78, 5) is 25.3. The number of benzene rings is 1. The molecule has 1 aliphatic rings. The number of halogens is 2. The molecule has 3 N–H and O–H groups in total. The lowest BCUT2D eigenvalue weighted by Gasteiger charge is -2.04. The first-order valence-corrected chi connectivity index (χ1v) is 9.54. The number of aryl methyl sites for hydroxylation is 1. The van der Waals surface area contributed by atoms with E-state index in [2.05, 4.69) is 5.32 Å². The maximum atomic E-state index is 13.8. The van der Waals surface area contributed by atoms with Crippen molar-refractivity contribution < 1.29 is 14.0 Å². The molecule has 136 valence electrons. The highest BCUT2D eigenvalue weighted by Gasteiger charge is 2.23. The summed E-state index contributed by atoms with van der Waals surface area (Å²) in [6.45, 7) is 0. The highest BCUT2D eigenvalue weighted by atomic mass is 35.5. The molecule has 7 heteroatoms. The van der Waals surface area contributed by atoms with Crippen LogP contribution in [0.15, 0.2) is 24.3 Å². The highest BCUT2D eigenvalue weighted by molar-refractivity contribution is 7.17. The van der Waals surface area contributed by atoms with E-state index < -0.39 is 17.6 Å². The number of primary amides is 1. The first-order chi connectivity index (χ1) is 12.5. The van der Waals surface area contributed by atoms with Crippen molar-refractivity contribution in [2.75, 3.05) is 5.32 Å². The Kier molecular flexibility index (Phi) is 5.74. The fraction of sp³-hybridized carbons (Fsp3) is 0.263. The van der Waals surface area contributed by atoms with Crippen LogP contribution < -0.4 is 11.1 Å². The number of thiophene rings is 1. The Labute approximate surface area is 159 Å². The predicted molar refractivity (Wildman–Crippen MR) is 103 cm³/mol. The van der Waals surface area contributed by atoms with Crippen molar-refractivity contribution >= 4 is 45.8 Å². The zero-order valence-electron chi connectivity index (χ0n) is 14.0. The van der Waals surface area contributed by atoms with Crippen LogP contribution in [-0.2, 0) is 17.6 Å².